The smallest absolute Gasteiger partial charge is 0.339 e. The van der Waals surface area contributed by atoms with Gasteiger partial charge in [0.05, 0.1) is 24.4 Å². The van der Waals surface area contributed by atoms with Crippen LogP contribution in [0.5, 0.6) is 5.75 Å². The molecule has 1 aromatic heterocycles. The Morgan fingerprint density at radius 2 is 2.15 bits per heavy atom. The normalized spacial score (nSPS) is 21.4. The number of amides is 1. The zero-order chi connectivity index (χ0) is 28.3. The van der Waals surface area contributed by atoms with Crippen LogP contribution >= 0.6 is 11.8 Å². The van der Waals surface area contributed by atoms with Gasteiger partial charge in [-0.3, -0.25) is 15.5 Å². The van der Waals surface area contributed by atoms with Crippen LogP contribution in [0.4, 0.5) is 0 Å². The first-order chi connectivity index (χ1) is 18.7. The maximum atomic E-state index is 13.2. The molecule has 0 aromatic carbocycles. The summed E-state index contributed by atoms with van der Waals surface area (Å²) in [5.74, 6) is 0.483. The van der Waals surface area contributed by atoms with E-state index in [-0.39, 0.29) is 19.1 Å². The van der Waals surface area contributed by atoms with Crippen molar-refractivity contribution in [2.75, 3.05) is 65.5 Å². The van der Waals surface area contributed by atoms with E-state index in [9.17, 15) is 9.59 Å². The highest BCUT2D eigenvalue weighted by atomic mass is 32.2. The van der Waals surface area contributed by atoms with E-state index in [0.29, 0.717) is 35.3 Å². The fourth-order valence-electron chi connectivity index (χ4n) is 4.20. The number of thioether (sulfide) groups is 1. The molecule has 39 heavy (non-hydrogen) atoms. The van der Waals surface area contributed by atoms with Gasteiger partial charge >= 0.3 is 5.63 Å². The predicted molar refractivity (Wildman–Crippen MR) is 156 cm³/mol. The van der Waals surface area contributed by atoms with Gasteiger partial charge in [-0.15, -0.1) is 11.8 Å². The summed E-state index contributed by atoms with van der Waals surface area (Å²) in [6, 6.07) is 2.31. The second kappa shape index (κ2) is 15.3. The van der Waals surface area contributed by atoms with Crippen LogP contribution in [0.25, 0.3) is 0 Å². The highest BCUT2D eigenvalue weighted by Gasteiger charge is 2.40. The van der Waals surface area contributed by atoms with Crippen molar-refractivity contribution in [3.63, 3.8) is 0 Å². The number of nitrogens with two attached hydrogens (primary N) is 1. The lowest BCUT2D eigenvalue weighted by Crippen LogP contribution is -2.54. The second-order valence-electron chi connectivity index (χ2n) is 9.84. The number of carbonyl (C=O) groups excluding carboxylic acids is 1. The zero-order valence-electron chi connectivity index (χ0n) is 23.3. The fourth-order valence-corrected chi connectivity index (χ4v) is 5.26. The molecule has 0 spiro atoms. The van der Waals surface area contributed by atoms with E-state index in [1.54, 1.807) is 12.1 Å². The Bertz CT molecular complexity index is 1080. The molecule has 3 N–H and O–H groups in total. The topological polar surface area (TPSA) is 135 Å². The SMILES string of the molecule is C=CCOc1cc([C@@H](CCC)NC(=O)[C@]2(N)CSC(C(C)=NCOCCCN3CCN(C)CC3)=N2)oc(=O)c1. The number of ether oxygens (including phenoxy) is 2. The molecule has 1 fully saturated rings. The Labute approximate surface area is 234 Å². The van der Waals surface area contributed by atoms with Crippen molar-refractivity contribution in [2.24, 2.45) is 15.7 Å². The minimum absolute atomic E-state index is 0.236. The van der Waals surface area contributed by atoms with Crippen LogP contribution in [0, 0.1) is 0 Å². The van der Waals surface area contributed by atoms with E-state index in [1.165, 1.54) is 17.8 Å². The monoisotopic (exact) mass is 562 g/mol. The molecule has 0 radical (unpaired) electrons. The molecule has 3 heterocycles. The van der Waals surface area contributed by atoms with Gasteiger partial charge < -0.3 is 29.0 Å². The van der Waals surface area contributed by atoms with Crippen LogP contribution in [0.2, 0.25) is 0 Å². The van der Waals surface area contributed by atoms with E-state index < -0.39 is 23.2 Å². The molecule has 0 unspecified atom stereocenters. The molecule has 1 aromatic rings. The molecule has 0 saturated carbocycles. The van der Waals surface area contributed by atoms with Gasteiger partial charge in [-0.25, -0.2) is 9.79 Å². The quantitative estimate of drug-likeness (QED) is 0.187. The largest absolute Gasteiger partial charge is 0.489 e. The average molecular weight is 563 g/mol. The molecule has 0 aliphatic carbocycles. The summed E-state index contributed by atoms with van der Waals surface area (Å²) in [7, 11) is 2.15. The summed E-state index contributed by atoms with van der Waals surface area (Å²) in [6.07, 6.45) is 3.83. The molecule has 12 heteroatoms. The first-order valence-corrected chi connectivity index (χ1v) is 14.4. The molecule has 3 rings (SSSR count). The number of piperazine rings is 1. The molecule has 2 atom stereocenters. The van der Waals surface area contributed by atoms with Gasteiger partial charge in [0.1, 0.15) is 29.9 Å². The summed E-state index contributed by atoms with van der Waals surface area (Å²) < 4.78 is 16.6. The lowest BCUT2D eigenvalue weighted by Gasteiger charge is -2.32. The first kappa shape index (κ1) is 31.0. The molecule has 2 aliphatic heterocycles. The number of likely N-dealkylation sites (N-methyl/N-ethyl adjacent to an activating group) is 1. The van der Waals surface area contributed by atoms with Crippen LogP contribution in [-0.4, -0.2) is 97.6 Å². The van der Waals surface area contributed by atoms with Crippen LogP contribution in [0.3, 0.4) is 0 Å². The second-order valence-corrected chi connectivity index (χ2v) is 10.8. The Morgan fingerprint density at radius 3 is 2.87 bits per heavy atom. The molecule has 2 aliphatic rings. The van der Waals surface area contributed by atoms with Crippen molar-refractivity contribution >= 4 is 28.4 Å². The number of aliphatic imine (C=N–C) groups is 2. The Hall–Kier alpha value is -2.51. The van der Waals surface area contributed by atoms with Crippen LogP contribution in [-0.2, 0) is 9.53 Å². The molecular weight excluding hydrogens is 520 g/mol. The van der Waals surface area contributed by atoms with Crippen molar-refractivity contribution < 1.29 is 18.7 Å². The standard InChI is InChI=1S/C27H42N6O5S/c1-5-8-22(23-16-21(37-14-6-2)17-24(34)38-23)30-26(35)27(28)18-39-25(31-27)20(3)29-19-36-15-7-9-33-12-10-32(4)11-13-33/h6,16-17,22H,2,5,7-15,18-19,28H2,1,3-4H3,(H,30,35)/t22-,27+/m1/s1. The minimum Gasteiger partial charge on any atom is -0.489 e. The Morgan fingerprint density at radius 1 is 1.38 bits per heavy atom. The first-order valence-electron chi connectivity index (χ1n) is 13.5. The summed E-state index contributed by atoms with van der Waals surface area (Å²) in [5, 5.41) is 3.54. The zero-order valence-corrected chi connectivity index (χ0v) is 24.1. The van der Waals surface area contributed by atoms with Gasteiger partial charge in [-0.05, 0) is 26.8 Å². The van der Waals surface area contributed by atoms with Gasteiger partial charge in [0.25, 0.3) is 5.91 Å². The number of hydrogen-bond donors (Lipinski definition) is 2. The van der Waals surface area contributed by atoms with Crippen molar-refractivity contribution in [1.82, 2.24) is 15.1 Å². The van der Waals surface area contributed by atoms with Crippen LogP contribution in [0.15, 0.2) is 44.0 Å². The number of carbonyl (C=O) groups is 1. The predicted octanol–water partition coefficient (Wildman–Crippen LogP) is 2.03. The van der Waals surface area contributed by atoms with Gasteiger partial charge in [0.15, 0.2) is 5.66 Å². The van der Waals surface area contributed by atoms with E-state index in [2.05, 4.69) is 38.7 Å². The van der Waals surface area contributed by atoms with E-state index in [4.69, 9.17) is 19.6 Å². The molecule has 0 bridgehead atoms. The summed E-state index contributed by atoms with van der Waals surface area (Å²) in [6.45, 7) is 14.0. The molecule has 11 nitrogen and oxygen atoms in total. The third-order valence-corrected chi connectivity index (χ3v) is 7.79. The molecule has 216 valence electrons. The van der Waals surface area contributed by atoms with Crippen LogP contribution in [0.1, 0.15) is 44.9 Å². The summed E-state index contributed by atoms with van der Waals surface area (Å²) >= 11 is 1.39. The van der Waals surface area contributed by atoms with Crippen molar-refractivity contribution in [1.29, 1.82) is 0 Å². The maximum Gasteiger partial charge on any atom is 0.339 e. The third kappa shape index (κ3) is 9.57. The van der Waals surface area contributed by atoms with Gasteiger partial charge in [-0.1, -0.05) is 26.0 Å². The Kier molecular flexibility index (Phi) is 12.2. The Balaban J connectivity index is 1.53. The van der Waals surface area contributed by atoms with Crippen molar-refractivity contribution in [2.45, 2.75) is 44.8 Å². The van der Waals surface area contributed by atoms with Crippen LogP contribution < -0.4 is 21.4 Å². The molecule has 1 saturated heterocycles. The number of nitrogens with zero attached hydrogens (tertiary/aromatic N) is 4. The lowest BCUT2D eigenvalue weighted by molar-refractivity contribution is -0.126. The third-order valence-electron chi connectivity index (χ3n) is 6.54. The van der Waals surface area contributed by atoms with Gasteiger partial charge in [-0.2, -0.15) is 0 Å². The van der Waals surface area contributed by atoms with E-state index in [1.807, 2.05) is 13.8 Å². The van der Waals surface area contributed by atoms with E-state index >= 15 is 0 Å². The maximum absolute atomic E-state index is 13.2. The number of hydrogen-bond acceptors (Lipinski definition) is 11. The molecular formula is C27H42N6O5S. The van der Waals surface area contributed by atoms with Crippen molar-refractivity contribution in [3.05, 3.63) is 41.0 Å². The average Bonchev–Trinajstić information content (AvgIpc) is 3.33. The number of rotatable bonds is 15. The fraction of sp³-hybridized carbons (Fsp3) is 0.630. The highest BCUT2D eigenvalue weighted by molar-refractivity contribution is 8.16. The van der Waals surface area contributed by atoms with Gasteiger partial charge in [0.2, 0.25) is 0 Å². The summed E-state index contributed by atoms with van der Waals surface area (Å²) in [4.78, 5) is 39.1. The molecule has 1 amide bonds. The van der Waals surface area contributed by atoms with E-state index in [0.717, 1.165) is 45.6 Å². The van der Waals surface area contributed by atoms with Crippen molar-refractivity contribution in [3.8, 4) is 5.75 Å². The minimum atomic E-state index is -1.45. The lowest BCUT2D eigenvalue weighted by atomic mass is 10.1. The number of nitrogens with one attached hydrogen (secondary N) is 1. The highest BCUT2D eigenvalue weighted by Crippen LogP contribution is 2.27. The van der Waals surface area contributed by atoms with Gasteiger partial charge in [0, 0.05) is 44.5 Å². The summed E-state index contributed by atoms with van der Waals surface area (Å²) in [5.41, 5.74) is 5.08.